The van der Waals surface area contributed by atoms with E-state index in [1.54, 1.807) is 12.5 Å². The summed E-state index contributed by atoms with van der Waals surface area (Å²) in [5, 5.41) is 8.84. The molecule has 1 saturated heterocycles. The quantitative estimate of drug-likeness (QED) is 0.768. The van der Waals surface area contributed by atoms with Crippen molar-refractivity contribution in [2.75, 3.05) is 26.2 Å². The van der Waals surface area contributed by atoms with Crippen LogP contribution in [-0.4, -0.2) is 42.0 Å². The molecule has 0 N–H and O–H groups in total. The number of nitrogens with zero attached hydrogens (tertiary/aromatic N) is 3. The molecule has 1 atom stereocenters. The van der Waals surface area contributed by atoms with Gasteiger partial charge < -0.3 is 4.42 Å². The molecule has 2 rings (SSSR count). The Hall–Kier alpha value is -1.31. The minimum atomic E-state index is 0.0380. The van der Waals surface area contributed by atoms with Gasteiger partial charge in [0, 0.05) is 38.3 Å². The Morgan fingerprint density at radius 3 is 2.75 bits per heavy atom. The van der Waals surface area contributed by atoms with Crippen LogP contribution in [-0.2, 0) is 6.54 Å². The van der Waals surface area contributed by atoms with Gasteiger partial charge in [-0.1, -0.05) is 0 Å². The molecule has 4 heteroatoms. The van der Waals surface area contributed by atoms with Crippen LogP contribution < -0.4 is 0 Å². The normalized spacial score (nSPS) is 20.5. The summed E-state index contributed by atoms with van der Waals surface area (Å²) in [6.45, 7) is 6.92. The van der Waals surface area contributed by atoms with E-state index in [1.165, 1.54) is 5.56 Å². The van der Waals surface area contributed by atoms with Crippen LogP contribution in [0.2, 0.25) is 0 Å². The first-order chi connectivity index (χ1) is 7.79. The summed E-state index contributed by atoms with van der Waals surface area (Å²) in [7, 11) is 0. The zero-order chi connectivity index (χ0) is 11.4. The maximum atomic E-state index is 8.84. The molecular formula is C12H17N3O. The summed E-state index contributed by atoms with van der Waals surface area (Å²) in [6.07, 6.45) is 3.51. The summed E-state index contributed by atoms with van der Waals surface area (Å²) in [5.41, 5.74) is 1.22. The largest absolute Gasteiger partial charge is 0.472 e. The van der Waals surface area contributed by atoms with E-state index < -0.39 is 0 Å². The van der Waals surface area contributed by atoms with Crippen molar-refractivity contribution in [3.8, 4) is 6.07 Å². The second-order valence-corrected chi connectivity index (χ2v) is 4.25. The third-order valence-corrected chi connectivity index (χ3v) is 3.13. The Kier molecular flexibility index (Phi) is 3.60. The Morgan fingerprint density at radius 1 is 1.44 bits per heavy atom. The third-order valence-electron chi connectivity index (χ3n) is 3.13. The highest BCUT2D eigenvalue weighted by molar-refractivity contribution is 5.05. The zero-order valence-corrected chi connectivity index (χ0v) is 9.59. The van der Waals surface area contributed by atoms with Crippen LogP contribution in [0.1, 0.15) is 12.5 Å². The fourth-order valence-electron chi connectivity index (χ4n) is 2.03. The van der Waals surface area contributed by atoms with Gasteiger partial charge in [-0.25, -0.2) is 0 Å². The molecule has 1 fully saturated rings. The fourth-order valence-corrected chi connectivity index (χ4v) is 2.03. The van der Waals surface area contributed by atoms with E-state index in [0.717, 1.165) is 32.7 Å². The average Bonchev–Trinajstić information content (AvgIpc) is 2.82. The second kappa shape index (κ2) is 5.15. The van der Waals surface area contributed by atoms with E-state index >= 15 is 0 Å². The number of furan rings is 1. The van der Waals surface area contributed by atoms with Crippen LogP contribution in [0.25, 0.3) is 0 Å². The maximum Gasteiger partial charge on any atom is 0.0950 e. The van der Waals surface area contributed by atoms with Crippen molar-refractivity contribution in [2.45, 2.75) is 19.5 Å². The molecule has 16 heavy (non-hydrogen) atoms. The molecule has 1 aliphatic rings. The lowest BCUT2D eigenvalue weighted by Crippen LogP contribution is -2.48. The average molecular weight is 219 g/mol. The summed E-state index contributed by atoms with van der Waals surface area (Å²) in [6, 6.07) is 4.33. The van der Waals surface area contributed by atoms with Gasteiger partial charge in [0.1, 0.15) is 0 Å². The standard InChI is InChI=1S/C12H17N3O/c1-11(8-13)15-5-3-14(4-6-15)9-12-2-7-16-10-12/h2,7,10-11H,3-6,9H2,1H3. The van der Waals surface area contributed by atoms with Crippen LogP contribution in [0.3, 0.4) is 0 Å². The summed E-state index contributed by atoms with van der Waals surface area (Å²) in [4.78, 5) is 4.62. The molecule has 0 spiro atoms. The maximum absolute atomic E-state index is 8.84. The molecule has 0 radical (unpaired) electrons. The smallest absolute Gasteiger partial charge is 0.0950 e. The lowest BCUT2D eigenvalue weighted by Gasteiger charge is -2.35. The summed E-state index contributed by atoms with van der Waals surface area (Å²) < 4.78 is 5.05. The molecule has 0 aliphatic carbocycles. The van der Waals surface area contributed by atoms with Crippen LogP contribution in [0.4, 0.5) is 0 Å². The lowest BCUT2D eigenvalue weighted by atomic mass is 10.2. The van der Waals surface area contributed by atoms with Crippen molar-refractivity contribution in [3.63, 3.8) is 0 Å². The Labute approximate surface area is 96.1 Å². The topological polar surface area (TPSA) is 43.4 Å². The van der Waals surface area contributed by atoms with Crippen LogP contribution in [0, 0.1) is 11.3 Å². The first kappa shape index (κ1) is 11.2. The predicted molar refractivity (Wildman–Crippen MR) is 60.6 cm³/mol. The van der Waals surface area contributed by atoms with Gasteiger partial charge >= 0.3 is 0 Å². The highest BCUT2D eigenvalue weighted by Crippen LogP contribution is 2.10. The molecule has 0 bridgehead atoms. The SMILES string of the molecule is CC(C#N)N1CCN(Cc2ccoc2)CC1. The van der Waals surface area contributed by atoms with Gasteiger partial charge in [-0.05, 0) is 13.0 Å². The highest BCUT2D eigenvalue weighted by Gasteiger charge is 2.20. The molecule has 1 aliphatic heterocycles. The third kappa shape index (κ3) is 2.63. The van der Waals surface area contributed by atoms with Crippen LogP contribution >= 0.6 is 0 Å². The first-order valence-corrected chi connectivity index (χ1v) is 5.66. The summed E-state index contributed by atoms with van der Waals surface area (Å²) in [5.74, 6) is 0. The van der Waals surface area contributed by atoms with Crippen molar-refractivity contribution in [2.24, 2.45) is 0 Å². The van der Waals surface area contributed by atoms with E-state index in [2.05, 4.69) is 15.9 Å². The van der Waals surface area contributed by atoms with Crippen molar-refractivity contribution < 1.29 is 4.42 Å². The second-order valence-electron chi connectivity index (χ2n) is 4.25. The highest BCUT2D eigenvalue weighted by atomic mass is 16.3. The van der Waals surface area contributed by atoms with E-state index in [0.29, 0.717) is 0 Å². The number of hydrogen-bond donors (Lipinski definition) is 0. The minimum Gasteiger partial charge on any atom is -0.472 e. The molecular weight excluding hydrogens is 202 g/mol. The number of hydrogen-bond acceptors (Lipinski definition) is 4. The molecule has 4 nitrogen and oxygen atoms in total. The lowest BCUT2D eigenvalue weighted by molar-refractivity contribution is 0.114. The van der Waals surface area contributed by atoms with Crippen molar-refractivity contribution in [1.29, 1.82) is 5.26 Å². The van der Waals surface area contributed by atoms with Crippen LogP contribution in [0.15, 0.2) is 23.0 Å². The van der Waals surface area contributed by atoms with Gasteiger partial charge in [-0.2, -0.15) is 5.26 Å². The van der Waals surface area contributed by atoms with Gasteiger partial charge in [-0.3, -0.25) is 9.80 Å². The molecule has 1 unspecified atom stereocenters. The molecule has 2 heterocycles. The van der Waals surface area contributed by atoms with E-state index in [-0.39, 0.29) is 6.04 Å². The van der Waals surface area contributed by atoms with Crippen molar-refractivity contribution in [1.82, 2.24) is 9.80 Å². The Balaban J connectivity index is 1.80. The van der Waals surface area contributed by atoms with Gasteiger partial charge in [0.25, 0.3) is 0 Å². The number of piperazine rings is 1. The van der Waals surface area contributed by atoms with E-state index in [4.69, 9.17) is 9.68 Å². The Morgan fingerprint density at radius 2 is 2.19 bits per heavy atom. The fraction of sp³-hybridized carbons (Fsp3) is 0.583. The number of nitriles is 1. The molecule has 1 aromatic rings. The zero-order valence-electron chi connectivity index (χ0n) is 9.59. The molecule has 0 aromatic carbocycles. The van der Waals surface area contributed by atoms with E-state index in [1.807, 2.05) is 13.0 Å². The van der Waals surface area contributed by atoms with E-state index in [9.17, 15) is 0 Å². The minimum absolute atomic E-state index is 0.0380. The summed E-state index contributed by atoms with van der Waals surface area (Å²) >= 11 is 0. The van der Waals surface area contributed by atoms with Crippen molar-refractivity contribution >= 4 is 0 Å². The first-order valence-electron chi connectivity index (χ1n) is 5.66. The van der Waals surface area contributed by atoms with Crippen LogP contribution in [0.5, 0.6) is 0 Å². The predicted octanol–water partition coefficient (Wildman–Crippen LogP) is 1.31. The molecule has 0 saturated carbocycles. The molecule has 0 amide bonds. The van der Waals surface area contributed by atoms with Gasteiger partial charge in [0.05, 0.1) is 24.6 Å². The molecule has 1 aromatic heterocycles. The Bertz CT molecular complexity index is 347. The molecule has 86 valence electrons. The monoisotopic (exact) mass is 219 g/mol. The van der Waals surface area contributed by atoms with Crippen molar-refractivity contribution in [3.05, 3.63) is 24.2 Å². The van der Waals surface area contributed by atoms with Gasteiger partial charge in [0.2, 0.25) is 0 Å². The van der Waals surface area contributed by atoms with Gasteiger partial charge in [0.15, 0.2) is 0 Å². The number of rotatable bonds is 3. The van der Waals surface area contributed by atoms with Gasteiger partial charge in [-0.15, -0.1) is 0 Å².